The van der Waals surface area contributed by atoms with E-state index in [9.17, 15) is 20.2 Å². The van der Waals surface area contributed by atoms with E-state index in [0.717, 1.165) is 11.1 Å². The highest BCUT2D eigenvalue weighted by molar-refractivity contribution is 5.39. The minimum absolute atomic E-state index is 0.0135. The van der Waals surface area contributed by atoms with Crippen LogP contribution in [0.25, 0.3) is 0 Å². The Hall–Kier alpha value is -3.55. The van der Waals surface area contributed by atoms with Crippen molar-refractivity contribution >= 4 is 5.69 Å². The molecule has 0 fully saturated rings. The third-order valence-corrected chi connectivity index (χ3v) is 4.74. The molecule has 8 heteroatoms. The van der Waals surface area contributed by atoms with Crippen LogP contribution in [0.2, 0.25) is 0 Å². The summed E-state index contributed by atoms with van der Waals surface area (Å²) in [6, 6.07) is 17.2. The molecule has 2 atom stereocenters. The zero-order valence-corrected chi connectivity index (χ0v) is 15.2. The number of hydrogen-bond donors (Lipinski definition) is 0. The zero-order valence-electron chi connectivity index (χ0n) is 15.2. The van der Waals surface area contributed by atoms with E-state index in [1.54, 1.807) is 24.3 Å². The van der Waals surface area contributed by atoms with Crippen LogP contribution in [0.1, 0.15) is 28.5 Å². The highest BCUT2D eigenvalue weighted by Gasteiger charge is 2.37. The monoisotopic (exact) mass is 381 g/mol. The predicted molar refractivity (Wildman–Crippen MR) is 102 cm³/mol. The minimum atomic E-state index is -0.977. The molecule has 3 rings (SSSR count). The quantitative estimate of drug-likeness (QED) is 0.429. The summed E-state index contributed by atoms with van der Waals surface area (Å²) in [7, 11) is 0. The van der Waals surface area contributed by atoms with Crippen molar-refractivity contribution < 1.29 is 14.4 Å². The summed E-state index contributed by atoms with van der Waals surface area (Å²) in [6.07, 6.45) is 0.216. The lowest BCUT2D eigenvalue weighted by Crippen LogP contribution is -2.31. The van der Waals surface area contributed by atoms with Crippen LogP contribution in [0.15, 0.2) is 65.2 Å². The maximum absolute atomic E-state index is 12.0. The summed E-state index contributed by atoms with van der Waals surface area (Å²) in [5.74, 6) is -0.557. The molecule has 144 valence electrons. The number of aryl methyl sites for hydroxylation is 1. The van der Waals surface area contributed by atoms with Crippen molar-refractivity contribution in [3.05, 3.63) is 103 Å². The van der Waals surface area contributed by atoms with Crippen molar-refractivity contribution in [1.82, 2.24) is 5.16 Å². The molecule has 0 amide bonds. The van der Waals surface area contributed by atoms with Gasteiger partial charge in [-0.1, -0.05) is 65.8 Å². The van der Waals surface area contributed by atoms with E-state index >= 15 is 0 Å². The summed E-state index contributed by atoms with van der Waals surface area (Å²) in [5, 5.41) is 27.0. The highest BCUT2D eigenvalue weighted by atomic mass is 16.6. The molecule has 0 radical (unpaired) electrons. The van der Waals surface area contributed by atoms with Gasteiger partial charge in [-0.15, -0.1) is 0 Å². The largest absolute Gasteiger partial charge is 0.354 e. The van der Waals surface area contributed by atoms with Crippen molar-refractivity contribution in [2.75, 3.05) is 0 Å². The maximum Gasteiger partial charge on any atom is 0.334 e. The third-order valence-electron chi connectivity index (χ3n) is 4.74. The predicted octanol–water partition coefficient (Wildman–Crippen LogP) is 4.11. The first-order valence-corrected chi connectivity index (χ1v) is 8.79. The summed E-state index contributed by atoms with van der Waals surface area (Å²) in [4.78, 5) is 22.5. The lowest BCUT2D eigenvalue weighted by molar-refractivity contribution is -0.526. The van der Waals surface area contributed by atoms with Crippen LogP contribution in [-0.4, -0.2) is 21.0 Å². The number of nitro groups is 2. The van der Waals surface area contributed by atoms with Crippen LogP contribution >= 0.6 is 0 Å². The van der Waals surface area contributed by atoms with Crippen LogP contribution in [0.5, 0.6) is 0 Å². The van der Waals surface area contributed by atoms with Crippen LogP contribution in [0, 0.1) is 27.2 Å². The van der Waals surface area contributed by atoms with Crippen molar-refractivity contribution in [1.29, 1.82) is 0 Å². The van der Waals surface area contributed by atoms with Gasteiger partial charge < -0.3 is 4.52 Å². The number of nitrogens with zero attached hydrogens (tertiary/aromatic N) is 3. The number of benzene rings is 2. The fourth-order valence-corrected chi connectivity index (χ4v) is 3.37. The molecule has 0 saturated carbocycles. The van der Waals surface area contributed by atoms with Gasteiger partial charge in [0, 0.05) is 17.8 Å². The third kappa shape index (κ3) is 4.22. The lowest BCUT2D eigenvalue weighted by Gasteiger charge is -2.20. The molecular formula is C20H19N3O5. The number of hydrogen-bond acceptors (Lipinski definition) is 6. The molecule has 8 nitrogen and oxygen atoms in total. The SMILES string of the molecule is Cc1noc(C[C@@H](c2ccccc2)[C@H](Cc2ccccc2)[N+](=O)[O-])c1[N+](=O)[O-]. The molecule has 1 aromatic heterocycles. The van der Waals surface area contributed by atoms with Crippen molar-refractivity contribution in [3.8, 4) is 0 Å². The standard InChI is InChI=1S/C20H19N3O5/c1-14-20(23(26)27)19(28-21-14)13-17(16-10-6-3-7-11-16)18(22(24)25)12-15-8-4-2-5-9-15/h2-11,17-18H,12-13H2,1H3/t17-,18-/m0/s1. The average molecular weight is 381 g/mol. The molecule has 2 aromatic carbocycles. The van der Waals surface area contributed by atoms with Crippen molar-refractivity contribution in [3.63, 3.8) is 0 Å². The Bertz CT molecular complexity index is 956. The fourth-order valence-electron chi connectivity index (χ4n) is 3.37. The molecule has 0 unspecified atom stereocenters. The van der Waals surface area contributed by atoms with Gasteiger partial charge in [0.25, 0.3) is 0 Å². The van der Waals surface area contributed by atoms with Crippen LogP contribution in [0.3, 0.4) is 0 Å². The van der Waals surface area contributed by atoms with Gasteiger partial charge in [0.15, 0.2) is 5.69 Å². The normalized spacial score (nSPS) is 13.0. The van der Waals surface area contributed by atoms with Gasteiger partial charge in [0.2, 0.25) is 11.8 Å². The second-order valence-corrected chi connectivity index (χ2v) is 6.56. The average Bonchev–Trinajstić information content (AvgIpc) is 3.06. The van der Waals surface area contributed by atoms with Crippen molar-refractivity contribution in [2.24, 2.45) is 0 Å². The Morgan fingerprint density at radius 2 is 1.57 bits per heavy atom. The molecule has 0 aliphatic carbocycles. The van der Waals surface area contributed by atoms with Gasteiger partial charge in [-0.05, 0) is 18.1 Å². The first-order chi connectivity index (χ1) is 13.5. The van der Waals surface area contributed by atoms with Crippen molar-refractivity contribution in [2.45, 2.75) is 31.7 Å². The second-order valence-electron chi connectivity index (χ2n) is 6.56. The second kappa shape index (κ2) is 8.43. The van der Waals surface area contributed by atoms with Crippen LogP contribution < -0.4 is 0 Å². The summed E-state index contributed by atoms with van der Waals surface area (Å²) in [6.45, 7) is 1.48. The van der Waals surface area contributed by atoms with Crippen LogP contribution in [0.4, 0.5) is 5.69 Å². The first-order valence-electron chi connectivity index (χ1n) is 8.79. The Labute approximate surface area is 161 Å². The van der Waals surface area contributed by atoms with E-state index in [-0.39, 0.29) is 34.9 Å². The van der Waals surface area contributed by atoms with E-state index in [4.69, 9.17) is 4.52 Å². The Balaban J connectivity index is 2.01. The summed E-state index contributed by atoms with van der Waals surface area (Å²) >= 11 is 0. The molecule has 0 spiro atoms. The molecule has 0 saturated heterocycles. The van der Waals surface area contributed by atoms with E-state index < -0.39 is 16.9 Å². The Morgan fingerprint density at radius 1 is 0.964 bits per heavy atom. The van der Waals surface area contributed by atoms with Gasteiger partial charge in [-0.3, -0.25) is 20.2 Å². The van der Waals surface area contributed by atoms with E-state index in [1.165, 1.54) is 6.92 Å². The van der Waals surface area contributed by atoms with Crippen LogP contribution in [-0.2, 0) is 12.8 Å². The number of aromatic nitrogens is 1. The number of rotatable bonds is 8. The Kier molecular flexibility index (Phi) is 5.78. The first kappa shape index (κ1) is 19.2. The van der Waals surface area contributed by atoms with E-state index in [1.807, 2.05) is 36.4 Å². The fraction of sp³-hybridized carbons (Fsp3) is 0.250. The highest BCUT2D eigenvalue weighted by Crippen LogP contribution is 2.33. The zero-order chi connectivity index (χ0) is 20.1. The van der Waals surface area contributed by atoms with Gasteiger partial charge in [-0.2, -0.15) is 0 Å². The molecule has 0 bridgehead atoms. The topological polar surface area (TPSA) is 112 Å². The van der Waals surface area contributed by atoms with E-state index in [0.29, 0.717) is 0 Å². The minimum Gasteiger partial charge on any atom is -0.354 e. The molecule has 0 N–H and O–H groups in total. The van der Waals surface area contributed by atoms with Gasteiger partial charge in [-0.25, -0.2) is 0 Å². The molecular weight excluding hydrogens is 362 g/mol. The lowest BCUT2D eigenvalue weighted by atomic mass is 9.84. The molecule has 28 heavy (non-hydrogen) atoms. The maximum atomic E-state index is 12.0. The summed E-state index contributed by atoms with van der Waals surface area (Å²) < 4.78 is 5.17. The van der Waals surface area contributed by atoms with Gasteiger partial charge >= 0.3 is 5.69 Å². The molecule has 0 aliphatic heterocycles. The molecule has 3 aromatic rings. The van der Waals surface area contributed by atoms with E-state index in [2.05, 4.69) is 5.16 Å². The Morgan fingerprint density at radius 3 is 2.14 bits per heavy atom. The summed E-state index contributed by atoms with van der Waals surface area (Å²) in [5.41, 5.74) is 1.49. The smallest absolute Gasteiger partial charge is 0.334 e. The van der Waals surface area contributed by atoms with Gasteiger partial charge in [0.1, 0.15) is 0 Å². The molecule has 0 aliphatic rings. The molecule has 1 heterocycles. The van der Waals surface area contributed by atoms with Gasteiger partial charge in [0.05, 0.1) is 10.8 Å².